The van der Waals surface area contributed by atoms with Gasteiger partial charge in [-0.25, -0.2) is 4.39 Å². The average Bonchev–Trinajstić information content (AvgIpc) is 1.92. The van der Waals surface area contributed by atoms with Gasteiger partial charge in [-0.15, -0.1) is 0 Å². The van der Waals surface area contributed by atoms with Crippen LogP contribution in [-0.4, -0.2) is 22.3 Å². The molecule has 16 heavy (non-hydrogen) atoms. The van der Waals surface area contributed by atoms with E-state index < -0.39 is 17.2 Å². The Morgan fingerprint density at radius 2 is 1.88 bits per heavy atom. The van der Waals surface area contributed by atoms with Gasteiger partial charge in [-0.2, -0.15) is 0 Å². The summed E-state index contributed by atoms with van der Waals surface area (Å²) in [7, 11) is 0. The molecule has 1 saturated carbocycles. The molecule has 1 aliphatic carbocycles. The van der Waals surface area contributed by atoms with Crippen molar-refractivity contribution in [1.82, 2.24) is 0 Å². The molecule has 0 aliphatic heterocycles. The summed E-state index contributed by atoms with van der Waals surface area (Å²) in [5.74, 6) is -0.748. The predicted octanol–water partition coefficient (Wildman–Crippen LogP) is 2.34. The van der Waals surface area contributed by atoms with E-state index in [2.05, 4.69) is 0 Å². The van der Waals surface area contributed by atoms with Gasteiger partial charge >= 0.3 is 5.97 Å². The van der Waals surface area contributed by atoms with Crippen molar-refractivity contribution >= 4 is 5.97 Å². The Kier molecular flexibility index (Phi) is 3.10. The second-order valence-electron chi connectivity index (χ2n) is 6.45. The van der Waals surface area contributed by atoms with Crippen molar-refractivity contribution < 1.29 is 14.3 Å². The molecule has 94 valence electrons. The number of halogens is 1. The highest BCUT2D eigenvalue weighted by Gasteiger charge is 2.53. The van der Waals surface area contributed by atoms with E-state index in [4.69, 9.17) is 10.8 Å². The monoisotopic (exact) mass is 231 g/mol. The maximum absolute atomic E-state index is 13.6. The maximum Gasteiger partial charge on any atom is 0.323 e. The van der Waals surface area contributed by atoms with Crippen LogP contribution in [0.5, 0.6) is 0 Å². The highest BCUT2D eigenvalue weighted by molar-refractivity contribution is 5.79. The molecule has 0 bridgehead atoms. The number of hydrogen-bond donors (Lipinski definition) is 2. The number of carboxylic acids is 1. The Morgan fingerprint density at radius 3 is 2.19 bits per heavy atom. The van der Waals surface area contributed by atoms with Crippen LogP contribution in [0.4, 0.5) is 4.39 Å². The molecule has 0 aromatic heterocycles. The van der Waals surface area contributed by atoms with Crippen molar-refractivity contribution in [2.24, 2.45) is 17.1 Å². The van der Waals surface area contributed by atoms with E-state index in [1.807, 2.05) is 13.8 Å². The summed E-state index contributed by atoms with van der Waals surface area (Å²) in [5, 5.41) is 8.91. The Labute approximate surface area is 96.2 Å². The Bertz CT molecular complexity index is 288. The Morgan fingerprint density at radius 1 is 1.44 bits per heavy atom. The second-order valence-corrected chi connectivity index (χ2v) is 6.45. The van der Waals surface area contributed by atoms with E-state index in [1.54, 1.807) is 13.8 Å². The van der Waals surface area contributed by atoms with E-state index in [9.17, 15) is 9.18 Å². The summed E-state index contributed by atoms with van der Waals surface area (Å²) >= 11 is 0. The normalized spacial score (nSPS) is 31.0. The lowest BCUT2D eigenvalue weighted by Gasteiger charge is -2.50. The molecule has 0 aromatic rings. The molecule has 0 atom stereocenters. The van der Waals surface area contributed by atoms with Gasteiger partial charge in [0.05, 0.1) is 0 Å². The van der Waals surface area contributed by atoms with Gasteiger partial charge in [0.2, 0.25) is 0 Å². The molecule has 0 heterocycles. The second kappa shape index (κ2) is 3.69. The number of carboxylic acid groups (broad SMARTS) is 1. The van der Waals surface area contributed by atoms with Crippen molar-refractivity contribution in [3.8, 4) is 0 Å². The maximum atomic E-state index is 13.6. The molecule has 1 rings (SSSR count). The van der Waals surface area contributed by atoms with E-state index in [0.29, 0.717) is 19.3 Å². The average molecular weight is 231 g/mol. The molecule has 0 radical (unpaired) electrons. The third-order valence-electron chi connectivity index (χ3n) is 3.63. The molecule has 3 N–H and O–H groups in total. The lowest BCUT2D eigenvalue weighted by molar-refractivity contribution is -0.151. The topological polar surface area (TPSA) is 63.3 Å². The largest absolute Gasteiger partial charge is 0.480 e. The van der Waals surface area contributed by atoms with Crippen LogP contribution >= 0.6 is 0 Å². The minimum atomic E-state index is -1.22. The highest BCUT2D eigenvalue weighted by Crippen LogP contribution is 2.50. The van der Waals surface area contributed by atoms with Crippen molar-refractivity contribution in [2.45, 2.75) is 58.2 Å². The lowest BCUT2D eigenvalue weighted by Crippen LogP contribution is -2.61. The molecule has 1 aliphatic rings. The van der Waals surface area contributed by atoms with Crippen LogP contribution < -0.4 is 5.73 Å². The minimum absolute atomic E-state index is 0.198. The number of hydrogen-bond acceptors (Lipinski definition) is 2. The lowest BCUT2D eigenvalue weighted by atomic mass is 9.56. The van der Waals surface area contributed by atoms with Crippen molar-refractivity contribution in [2.75, 3.05) is 0 Å². The smallest absolute Gasteiger partial charge is 0.323 e. The zero-order valence-corrected chi connectivity index (χ0v) is 10.5. The third kappa shape index (κ3) is 2.73. The van der Waals surface area contributed by atoms with Gasteiger partial charge in [0.25, 0.3) is 0 Å². The van der Waals surface area contributed by atoms with Crippen LogP contribution in [0.25, 0.3) is 0 Å². The highest BCUT2D eigenvalue weighted by atomic mass is 19.1. The number of rotatable bonds is 4. The molecule has 0 spiro atoms. The van der Waals surface area contributed by atoms with Crippen LogP contribution in [-0.2, 0) is 4.79 Å². The number of carbonyl (C=O) groups is 1. The number of nitrogens with two attached hydrogens (primary N) is 1. The Hall–Kier alpha value is -0.640. The molecule has 3 nitrogen and oxygen atoms in total. The quantitative estimate of drug-likeness (QED) is 0.780. The SMILES string of the molecule is CC(C)(F)CC(C)(C)C1CC(N)(C(=O)O)C1. The fourth-order valence-corrected chi connectivity index (χ4v) is 2.77. The summed E-state index contributed by atoms with van der Waals surface area (Å²) in [6, 6.07) is 0. The van der Waals surface area contributed by atoms with E-state index in [-0.39, 0.29) is 11.3 Å². The van der Waals surface area contributed by atoms with Gasteiger partial charge in [0.1, 0.15) is 11.2 Å². The standard InChI is InChI=1S/C12H22FNO2/c1-10(2,7-11(3,4)13)8-5-12(14,6-8)9(15)16/h8H,5-7,14H2,1-4H3,(H,15,16). The predicted molar refractivity (Wildman–Crippen MR) is 60.9 cm³/mol. The van der Waals surface area contributed by atoms with E-state index >= 15 is 0 Å². The molecule has 4 heteroatoms. The molecular weight excluding hydrogens is 209 g/mol. The van der Waals surface area contributed by atoms with Crippen LogP contribution in [0, 0.1) is 11.3 Å². The summed E-state index contributed by atoms with van der Waals surface area (Å²) in [6.45, 7) is 7.08. The summed E-state index contributed by atoms with van der Waals surface area (Å²) in [5.41, 5.74) is 3.20. The molecule has 0 unspecified atom stereocenters. The summed E-state index contributed by atoms with van der Waals surface area (Å²) in [6.07, 6.45) is 1.33. The van der Waals surface area contributed by atoms with E-state index in [0.717, 1.165) is 0 Å². The summed E-state index contributed by atoms with van der Waals surface area (Å²) < 4.78 is 13.6. The van der Waals surface area contributed by atoms with Crippen molar-refractivity contribution in [3.63, 3.8) is 0 Å². The fraction of sp³-hybridized carbons (Fsp3) is 0.917. The Balaban J connectivity index is 2.60. The molecule has 0 amide bonds. The first kappa shape index (κ1) is 13.4. The minimum Gasteiger partial charge on any atom is -0.480 e. The van der Waals surface area contributed by atoms with Gasteiger partial charge in [-0.05, 0) is 44.4 Å². The number of alkyl halides is 1. The van der Waals surface area contributed by atoms with Gasteiger partial charge in [0, 0.05) is 0 Å². The fourth-order valence-electron chi connectivity index (χ4n) is 2.77. The van der Waals surface area contributed by atoms with Crippen LogP contribution in [0.3, 0.4) is 0 Å². The molecular formula is C12H22FNO2. The molecule has 1 fully saturated rings. The van der Waals surface area contributed by atoms with Gasteiger partial charge in [0.15, 0.2) is 0 Å². The molecule has 0 saturated heterocycles. The first-order chi connectivity index (χ1) is 6.96. The van der Waals surface area contributed by atoms with Crippen LogP contribution in [0.2, 0.25) is 0 Å². The first-order valence-corrected chi connectivity index (χ1v) is 5.67. The van der Waals surface area contributed by atoms with Crippen molar-refractivity contribution in [1.29, 1.82) is 0 Å². The van der Waals surface area contributed by atoms with Gasteiger partial charge < -0.3 is 10.8 Å². The molecule has 0 aromatic carbocycles. The van der Waals surface area contributed by atoms with E-state index in [1.165, 1.54) is 0 Å². The third-order valence-corrected chi connectivity index (χ3v) is 3.63. The van der Waals surface area contributed by atoms with Crippen LogP contribution in [0.1, 0.15) is 47.0 Å². The zero-order valence-electron chi connectivity index (χ0n) is 10.5. The first-order valence-electron chi connectivity index (χ1n) is 5.67. The summed E-state index contributed by atoms with van der Waals surface area (Å²) in [4.78, 5) is 10.9. The van der Waals surface area contributed by atoms with Gasteiger partial charge in [-0.1, -0.05) is 13.8 Å². The van der Waals surface area contributed by atoms with Crippen molar-refractivity contribution in [3.05, 3.63) is 0 Å². The number of aliphatic carboxylic acids is 1. The zero-order chi connectivity index (χ0) is 12.8. The van der Waals surface area contributed by atoms with Crippen LogP contribution in [0.15, 0.2) is 0 Å². The van der Waals surface area contributed by atoms with Gasteiger partial charge in [-0.3, -0.25) is 4.79 Å².